The summed E-state index contributed by atoms with van der Waals surface area (Å²) in [5.74, 6) is -0.493. The van der Waals surface area contributed by atoms with Gasteiger partial charge in [-0.25, -0.2) is 0 Å². The highest BCUT2D eigenvalue weighted by Gasteiger charge is 2.31. The summed E-state index contributed by atoms with van der Waals surface area (Å²) in [6.45, 7) is 5.70. The Hall–Kier alpha value is -2.09. The molecule has 1 aromatic rings. The Kier molecular flexibility index (Phi) is 10.6. The van der Waals surface area contributed by atoms with Gasteiger partial charge in [0.1, 0.15) is 12.0 Å². The maximum absolute atomic E-state index is 12.1. The minimum absolute atomic E-state index is 0.141. The molecule has 0 aliphatic rings. The number of hydrogen-bond donors (Lipinski definition) is 2. The standard InChI is InChI=1S/C17H22F3NO3.CH5N/c1-11(2)8-14(10-22)21-16(23)9-12(3)13-4-6-15(7-5-13)24-17(18,19)20;1-2/h4-7,10-12,14H,8-9H2,1-3H3,(H,21,23);2H2,1H3/t12?,14-;/m1./s1. The van der Waals surface area contributed by atoms with E-state index in [0.717, 1.165) is 0 Å². The van der Waals surface area contributed by atoms with Crippen LogP contribution in [0.15, 0.2) is 24.3 Å². The lowest BCUT2D eigenvalue weighted by atomic mass is 9.97. The Bertz CT molecular complexity index is 546. The number of nitrogens with two attached hydrogens (primary N) is 1. The normalized spacial score (nSPS) is 13.3. The van der Waals surface area contributed by atoms with Crippen molar-refractivity contribution in [2.24, 2.45) is 11.7 Å². The van der Waals surface area contributed by atoms with Crippen molar-refractivity contribution in [3.8, 4) is 5.75 Å². The van der Waals surface area contributed by atoms with E-state index in [0.29, 0.717) is 18.3 Å². The fraction of sp³-hybridized carbons (Fsp3) is 0.556. The third kappa shape index (κ3) is 10.0. The summed E-state index contributed by atoms with van der Waals surface area (Å²) in [6.07, 6.45) is -3.31. The number of benzene rings is 1. The zero-order valence-electron chi connectivity index (χ0n) is 15.5. The van der Waals surface area contributed by atoms with Crippen LogP contribution in [0, 0.1) is 5.92 Å². The van der Waals surface area contributed by atoms with E-state index in [9.17, 15) is 22.8 Å². The van der Waals surface area contributed by atoms with Gasteiger partial charge >= 0.3 is 6.36 Å². The van der Waals surface area contributed by atoms with Gasteiger partial charge in [0.15, 0.2) is 0 Å². The molecular formula is C18H27F3N2O3. The minimum Gasteiger partial charge on any atom is -0.406 e. The first-order valence-corrected chi connectivity index (χ1v) is 8.28. The van der Waals surface area contributed by atoms with Crippen LogP contribution in [0.25, 0.3) is 0 Å². The van der Waals surface area contributed by atoms with Crippen molar-refractivity contribution in [2.75, 3.05) is 7.05 Å². The van der Waals surface area contributed by atoms with E-state index in [4.69, 9.17) is 0 Å². The molecule has 1 amide bonds. The van der Waals surface area contributed by atoms with E-state index >= 15 is 0 Å². The first kappa shape index (κ1) is 23.9. The minimum atomic E-state index is -4.73. The summed E-state index contributed by atoms with van der Waals surface area (Å²) in [5, 5.41) is 2.66. The average Bonchev–Trinajstić information content (AvgIpc) is 2.54. The van der Waals surface area contributed by atoms with Gasteiger partial charge in [0.2, 0.25) is 5.91 Å². The van der Waals surface area contributed by atoms with Crippen molar-refractivity contribution in [3.63, 3.8) is 0 Å². The van der Waals surface area contributed by atoms with Crippen molar-refractivity contribution < 1.29 is 27.5 Å². The van der Waals surface area contributed by atoms with Crippen LogP contribution >= 0.6 is 0 Å². The molecule has 2 atom stereocenters. The lowest BCUT2D eigenvalue weighted by molar-refractivity contribution is -0.274. The fourth-order valence-electron chi connectivity index (χ4n) is 2.32. The van der Waals surface area contributed by atoms with Crippen molar-refractivity contribution in [1.82, 2.24) is 5.32 Å². The molecule has 148 valence electrons. The quantitative estimate of drug-likeness (QED) is 0.682. The van der Waals surface area contributed by atoms with Gasteiger partial charge in [-0.2, -0.15) is 0 Å². The Labute approximate surface area is 152 Å². The van der Waals surface area contributed by atoms with Crippen LogP contribution in [-0.2, 0) is 9.59 Å². The summed E-state index contributed by atoms with van der Waals surface area (Å²) in [5.41, 5.74) is 5.21. The van der Waals surface area contributed by atoms with E-state index in [2.05, 4.69) is 15.8 Å². The van der Waals surface area contributed by atoms with Crippen molar-refractivity contribution in [1.29, 1.82) is 0 Å². The summed E-state index contributed by atoms with van der Waals surface area (Å²) < 4.78 is 40.1. The maximum Gasteiger partial charge on any atom is 0.573 e. The number of amides is 1. The first-order chi connectivity index (χ1) is 12.1. The second-order valence-electron chi connectivity index (χ2n) is 6.16. The Balaban J connectivity index is 0.00000301. The summed E-state index contributed by atoms with van der Waals surface area (Å²) >= 11 is 0. The molecule has 0 aliphatic carbocycles. The lowest BCUT2D eigenvalue weighted by Crippen LogP contribution is -2.37. The summed E-state index contributed by atoms with van der Waals surface area (Å²) in [4.78, 5) is 23.0. The molecule has 0 saturated carbocycles. The molecule has 8 heteroatoms. The van der Waals surface area contributed by atoms with Gasteiger partial charge < -0.3 is 20.6 Å². The second-order valence-corrected chi connectivity index (χ2v) is 6.16. The zero-order valence-corrected chi connectivity index (χ0v) is 15.5. The van der Waals surface area contributed by atoms with E-state index in [1.54, 1.807) is 6.92 Å². The van der Waals surface area contributed by atoms with Gasteiger partial charge in [0, 0.05) is 6.42 Å². The van der Waals surface area contributed by atoms with Crippen LogP contribution in [0.4, 0.5) is 13.2 Å². The highest BCUT2D eigenvalue weighted by molar-refractivity contribution is 5.80. The number of rotatable bonds is 8. The molecule has 1 rings (SSSR count). The van der Waals surface area contributed by atoms with Crippen LogP contribution in [0.1, 0.15) is 45.1 Å². The number of hydrogen-bond acceptors (Lipinski definition) is 4. The van der Waals surface area contributed by atoms with Gasteiger partial charge in [0.25, 0.3) is 0 Å². The lowest BCUT2D eigenvalue weighted by Gasteiger charge is -2.17. The molecule has 0 spiro atoms. The largest absolute Gasteiger partial charge is 0.573 e. The SMILES string of the molecule is CC(C)C[C@H](C=O)NC(=O)CC(C)c1ccc(OC(F)(F)F)cc1.CN. The predicted molar refractivity (Wildman–Crippen MR) is 93.7 cm³/mol. The molecule has 0 bridgehead atoms. The number of aldehydes is 1. The molecule has 0 saturated heterocycles. The number of alkyl halides is 3. The van der Waals surface area contributed by atoms with Gasteiger partial charge in [-0.15, -0.1) is 13.2 Å². The second kappa shape index (κ2) is 11.5. The van der Waals surface area contributed by atoms with E-state index in [-0.39, 0.29) is 29.9 Å². The molecule has 26 heavy (non-hydrogen) atoms. The molecular weight excluding hydrogens is 349 g/mol. The number of carbonyl (C=O) groups excluding carboxylic acids is 2. The van der Waals surface area contributed by atoms with E-state index in [1.807, 2.05) is 13.8 Å². The molecule has 5 nitrogen and oxygen atoms in total. The molecule has 0 radical (unpaired) electrons. The molecule has 1 aromatic carbocycles. The predicted octanol–water partition coefficient (Wildman–Crippen LogP) is 3.38. The average molecular weight is 376 g/mol. The highest BCUT2D eigenvalue weighted by atomic mass is 19.4. The van der Waals surface area contributed by atoms with Crippen molar-refractivity contribution >= 4 is 12.2 Å². The molecule has 0 aromatic heterocycles. The number of ether oxygens (including phenoxy) is 1. The van der Waals surface area contributed by atoms with Gasteiger partial charge in [0.05, 0.1) is 6.04 Å². The topological polar surface area (TPSA) is 81.4 Å². The third-order valence-corrected chi connectivity index (χ3v) is 3.41. The summed E-state index contributed by atoms with van der Waals surface area (Å²) in [7, 11) is 1.50. The van der Waals surface area contributed by atoms with E-state index < -0.39 is 12.4 Å². The van der Waals surface area contributed by atoms with Crippen LogP contribution in [0.2, 0.25) is 0 Å². The van der Waals surface area contributed by atoms with Crippen LogP contribution < -0.4 is 15.8 Å². The van der Waals surface area contributed by atoms with Gasteiger partial charge in [-0.05, 0) is 43.0 Å². The van der Waals surface area contributed by atoms with Crippen LogP contribution in [0.5, 0.6) is 5.75 Å². The summed E-state index contributed by atoms with van der Waals surface area (Å²) in [6, 6.07) is 4.88. The van der Waals surface area contributed by atoms with E-state index in [1.165, 1.54) is 31.3 Å². The monoisotopic (exact) mass is 376 g/mol. The number of nitrogens with one attached hydrogen (secondary N) is 1. The first-order valence-electron chi connectivity index (χ1n) is 8.28. The smallest absolute Gasteiger partial charge is 0.406 e. The maximum atomic E-state index is 12.1. The van der Waals surface area contributed by atoms with Crippen molar-refractivity contribution in [3.05, 3.63) is 29.8 Å². The highest BCUT2D eigenvalue weighted by Crippen LogP contribution is 2.26. The van der Waals surface area contributed by atoms with Crippen LogP contribution in [0.3, 0.4) is 0 Å². The number of carbonyl (C=O) groups is 2. The van der Waals surface area contributed by atoms with Gasteiger partial charge in [-0.3, -0.25) is 4.79 Å². The molecule has 3 N–H and O–H groups in total. The Morgan fingerprint density at radius 3 is 2.15 bits per heavy atom. The van der Waals surface area contributed by atoms with Crippen molar-refractivity contribution in [2.45, 2.75) is 51.9 Å². The third-order valence-electron chi connectivity index (χ3n) is 3.41. The fourth-order valence-corrected chi connectivity index (χ4v) is 2.32. The molecule has 0 fully saturated rings. The van der Waals surface area contributed by atoms with Crippen LogP contribution in [-0.4, -0.2) is 31.6 Å². The number of halogens is 3. The van der Waals surface area contributed by atoms with Gasteiger partial charge in [-0.1, -0.05) is 32.9 Å². The molecule has 1 unspecified atom stereocenters. The Morgan fingerprint density at radius 2 is 1.73 bits per heavy atom. The molecule has 0 aliphatic heterocycles. The molecule has 0 heterocycles. The Morgan fingerprint density at radius 1 is 1.19 bits per heavy atom. The zero-order chi connectivity index (χ0) is 20.3.